The summed E-state index contributed by atoms with van der Waals surface area (Å²) < 4.78 is 5.96. The van der Waals surface area contributed by atoms with Crippen LogP contribution in [0.3, 0.4) is 0 Å². The normalized spacial score (nSPS) is 10.8. The highest BCUT2D eigenvalue weighted by Gasteiger charge is 2.08. The van der Waals surface area contributed by atoms with Crippen LogP contribution in [0.1, 0.15) is 31.4 Å². The van der Waals surface area contributed by atoms with Gasteiger partial charge in [-0.3, -0.25) is 0 Å². The van der Waals surface area contributed by atoms with E-state index in [0.717, 1.165) is 24.2 Å². The largest absolute Gasteiger partial charge is 0.438 e. The summed E-state index contributed by atoms with van der Waals surface area (Å²) in [7, 11) is 0. The lowest BCUT2D eigenvalue weighted by atomic mass is 10.0. The van der Waals surface area contributed by atoms with Gasteiger partial charge in [0.1, 0.15) is 11.8 Å². The van der Waals surface area contributed by atoms with Gasteiger partial charge in [0.15, 0.2) is 0 Å². The first-order valence-corrected chi connectivity index (χ1v) is 8.92. The number of hydrogen-bond donors (Lipinski definition) is 1. The van der Waals surface area contributed by atoms with Crippen LogP contribution in [0.4, 0.5) is 0 Å². The Hall–Kier alpha value is -2.90. The highest BCUT2D eigenvalue weighted by atomic mass is 16.5. The molecule has 1 N–H and O–H groups in total. The topological polar surface area (TPSA) is 57.9 Å². The molecule has 0 atom stereocenters. The molecular weight excluding hydrogens is 322 g/mol. The van der Waals surface area contributed by atoms with Crippen LogP contribution < -0.4 is 10.1 Å². The van der Waals surface area contributed by atoms with Gasteiger partial charge in [-0.1, -0.05) is 44.2 Å². The van der Waals surface area contributed by atoms with Crippen LogP contribution in [-0.4, -0.2) is 11.5 Å². The summed E-state index contributed by atoms with van der Waals surface area (Å²) in [6.45, 7) is 6.32. The Balaban J connectivity index is 1.81. The van der Waals surface area contributed by atoms with Gasteiger partial charge in [-0.25, -0.2) is 4.98 Å². The van der Waals surface area contributed by atoms with Gasteiger partial charge in [-0.15, -0.1) is 0 Å². The lowest BCUT2D eigenvalue weighted by Crippen LogP contribution is -2.16. The molecular formula is C22H23N3O. The predicted molar refractivity (Wildman–Crippen MR) is 104 cm³/mol. The van der Waals surface area contributed by atoms with Gasteiger partial charge in [0.25, 0.3) is 0 Å². The fourth-order valence-corrected chi connectivity index (χ4v) is 2.81. The van der Waals surface area contributed by atoms with Crippen molar-refractivity contribution in [1.29, 1.82) is 5.26 Å². The number of pyridine rings is 1. The molecule has 0 fully saturated rings. The van der Waals surface area contributed by atoms with E-state index in [2.05, 4.69) is 48.4 Å². The maximum atomic E-state index is 8.87. The summed E-state index contributed by atoms with van der Waals surface area (Å²) in [5.74, 6) is 1.95. The fourth-order valence-electron chi connectivity index (χ4n) is 2.81. The zero-order chi connectivity index (χ0) is 18.4. The highest BCUT2D eigenvalue weighted by Crippen LogP contribution is 2.31. The van der Waals surface area contributed by atoms with E-state index in [9.17, 15) is 0 Å². The van der Waals surface area contributed by atoms with E-state index in [1.165, 1.54) is 23.6 Å². The third-order valence-electron chi connectivity index (χ3n) is 4.27. The van der Waals surface area contributed by atoms with Gasteiger partial charge in [0.05, 0.1) is 5.56 Å². The Morgan fingerprint density at radius 1 is 1.08 bits per heavy atom. The monoisotopic (exact) mass is 345 g/mol. The Bertz CT molecular complexity index is 911. The Labute approximate surface area is 154 Å². The Kier molecular flexibility index (Phi) is 5.83. The van der Waals surface area contributed by atoms with E-state index in [1.807, 2.05) is 18.2 Å². The molecule has 3 rings (SSSR count). The summed E-state index contributed by atoms with van der Waals surface area (Å²) in [6, 6.07) is 17.8. The minimum Gasteiger partial charge on any atom is -0.438 e. The number of rotatable bonds is 7. The van der Waals surface area contributed by atoms with E-state index >= 15 is 0 Å². The molecule has 0 saturated heterocycles. The molecule has 4 nitrogen and oxygen atoms in total. The van der Waals surface area contributed by atoms with E-state index < -0.39 is 0 Å². The fraction of sp³-hybridized carbons (Fsp3) is 0.273. The summed E-state index contributed by atoms with van der Waals surface area (Å²) in [6.07, 6.45) is 2.69. The van der Waals surface area contributed by atoms with Crippen molar-refractivity contribution >= 4 is 10.8 Å². The Morgan fingerprint density at radius 2 is 1.88 bits per heavy atom. The molecule has 26 heavy (non-hydrogen) atoms. The molecule has 0 saturated carbocycles. The second-order valence-corrected chi connectivity index (χ2v) is 6.73. The maximum absolute atomic E-state index is 8.87. The van der Waals surface area contributed by atoms with Crippen molar-refractivity contribution in [3.8, 4) is 17.7 Å². The maximum Gasteiger partial charge on any atom is 0.219 e. The van der Waals surface area contributed by atoms with Crippen molar-refractivity contribution < 1.29 is 4.74 Å². The zero-order valence-electron chi connectivity index (χ0n) is 15.2. The van der Waals surface area contributed by atoms with Crippen LogP contribution in [0.15, 0.2) is 54.7 Å². The number of nitriles is 1. The minimum absolute atomic E-state index is 0.483. The first kappa shape index (κ1) is 17.9. The van der Waals surface area contributed by atoms with Crippen LogP contribution in [0.5, 0.6) is 11.6 Å². The Morgan fingerprint density at radius 3 is 2.58 bits per heavy atom. The third-order valence-corrected chi connectivity index (χ3v) is 4.27. The highest BCUT2D eigenvalue weighted by molar-refractivity contribution is 5.91. The number of hydrogen-bond acceptors (Lipinski definition) is 4. The van der Waals surface area contributed by atoms with E-state index in [-0.39, 0.29) is 0 Å². The molecule has 3 aromatic rings. The zero-order valence-corrected chi connectivity index (χ0v) is 15.2. The second kappa shape index (κ2) is 8.46. The molecule has 0 radical (unpaired) electrons. The number of nitrogens with zero attached hydrogens (tertiary/aromatic N) is 2. The number of benzene rings is 2. The molecule has 0 amide bonds. The average Bonchev–Trinajstić information content (AvgIpc) is 2.67. The molecule has 2 aromatic carbocycles. The van der Waals surface area contributed by atoms with Gasteiger partial charge in [-0.2, -0.15) is 5.26 Å². The standard InChI is InChI=1S/C22H23N3O/c1-16(2)11-12-24-15-18-8-9-21(20-6-4-3-5-19(18)20)26-22-10-7-17(13-23)14-25-22/h3-10,14,16,24H,11-12,15H2,1-2H3. The van der Waals surface area contributed by atoms with Gasteiger partial charge >= 0.3 is 0 Å². The molecule has 1 heterocycles. The lowest BCUT2D eigenvalue weighted by Gasteiger charge is -2.13. The molecule has 0 aliphatic carbocycles. The van der Waals surface area contributed by atoms with Crippen molar-refractivity contribution in [1.82, 2.24) is 10.3 Å². The first-order valence-electron chi connectivity index (χ1n) is 8.92. The molecule has 1 aromatic heterocycles. The van der Waals surface area contributed by atoms with Crippen molar-refractivity contribution in [3.05, 3.63) is 65.9 Å². The molecule has 132 valence electrons. The molecule has 0 unspecified atom stereocenters. The molecule has 0 bridgehead atoms. The molecule has 4 heteroatoms. The van der Waals surface area contributed by atoms with Crippen LogP contribution in [0.2, 0.25) is 0 Å². The van der Waals surface area contributed by atoms with Crippen LogP contribution in [0.25, 0.3) is 10.8 Å². The van der Waals surface area contributed by atoms with Crippen molar-refractivity contribution in [2.24, 2.45) is 5.92 Å². The summed E-state index contributed by atoms with van der Waals surface area (Å²) >= 11 is 0. The minimum atomic E-state index is 0.483. The van der Waals surface area contributed by atoms with E-state index in [4.69, 9.17) is 10.00 Å². The number of fused-ring (bicyclic) bond motifs is 1. The second-order valence-electron chi connectivity index (χ2n) is 6.73. The van der Waals surface area contributed by atoms with E-state index in [1.54, 1.807) is 12.1 Å². The molecule has 0 aliphatic heterocycles. The van der Waals surface area contributed by atoms with Gasteiger partial charge < -0.3 is 10.1 Å². The summed E-state index contributed by atoms with van der Waals surface area (Å²) in [5.41, 5.74) is 1.77. The van der Waals surface area contributed by atoms with Crippen LogP contribution in [0, 0.1) is 17.2 Å². The lowest BCUT2D eigenvalue weighted by molar-refractivity contribution is 0.468. The van der Waals surface area contributed by atoms with Crippen molar-refractivity contribution in [2.45, 2.75) is 26.8 Å². The van der Waals surface area contributed by atoms with Crippen molar-refractivity contribution in [3.63, 3.8) is 0 Å². The van der Waals surface area contributed by atoms with Crippen LogP contribution >= 0.6 is 0 Å². The quantitative estimate of drug-likeness (QED) is 0.610. The van der Waals surface area contributed by atoms with E-state index in [0.29, 0.717) is 17.4 Å². The number of ether oxygens (including phenoxy) is 1. The molecule has 0 spiro atoms. The summed E-state index contributed by atoms with van der Waals surface area (Å²) in [4.78, 5) is 4.19. The number of aromatic nitrogens is 1. The smallest absolute Gasteiger partial charge is 0.219 e. The predicted octanol–water partition coefficient (Wildman–Crippen LogP) is 5.03. The third kappa shape index (κ3) is 4.38. The SMILES string of the molecule is CC(C)CCNCc1ccc(Oc2ccc(C#N)cn2)c2ccccc12. The van der Waals surface area contributed by atoms with Crippen LogP contribution in [-0.2, 0) is 6.54 Å². The average molecular weight is 345 g/mol. The number of nitrogens with one attached hydrogen (secondary N) is 1. The summed E-state index contributed by atoms with van der Waals surface area (Å²) in [5, 5.41) is 14.6. The first-order chi connectivity index (χ1) is 12.7. The van der Waals surface area contributed by atoms with Crippen molar-refractivity contribution in [2.75, 3.05) is 6.54 Å². The van der Waals surface area contributed by atoms with Gasteiger partial charge in [-0.05, 0) is 42.0 Å². The molecule has 0 aliphatic rings. The van der Waals surface area contributed by atoms with Gasteiger partial charge in [0.2, 0.25) is 5.88 Å². The van der Waals surface area contributed by atoms with Gasteiger partial charge in [0, 0.05) is 24.2 Å².